The number of rotatable bonds is 2. The Hall–Kier alpha value is -1.54. The molecule has 4 atom stereocenters. The number of hydrogen-bond acceptors (Lipinski definition) is 5. The molecule has 2 fully saturated rings. The molecule has 7 N–H and O–H groups in total. The third-order valence-corrected chi connectivity index (χ3v) is 4.63. The lowest BCUT2D eigenvalue weighted by atomic mass is 10.2. The lowest BCUT2D eigenvalue weighted by Crippen LogP contribution is -2.67. The van der Waals surface area contributed by atoms with Crippen molar-refractivity contribution in [1.29, 1.82) is 0 Å². The van der Waals surface area contributed by atoms with Crippen molar-refractivity contribution in [3.63, 3.8) is 0 Å². The van der Waals surface area contributed by atoms with Crippen LogP contribution in [0.15, 0.2) is 0 Å². The molecule has 0 aliphatic heterocycles. The summed E-state index contributed by atoms with van der Waals surface area (Å²) < 4.78 is 10.3. The molecule has 2 rings (SSSR count). The molecule has 2 amide bonds. The lowest BCUT2D eigenvalue weighted by molar-refractivity contribution is -0.421. The van der Waals surface area contributed by atoms with E-state index in [1.165, 1.54) is 0 Å². The summed E-state index contributed by atoms with van der Waals surface area (Å²) in [7, 11) is 0. The topological polar surface area (TPSA) is 130 Å². The van der Waals surface area contributed by atoms with Gasteiger partial charge in [-0.25, -0.2) is 9.59 Å². The molecule has 0 aromatic heterocycles. The lowest BCUT2D eigenvalue weighted by Gasteiger charge is -2.23. The highest BCUT2D eigenvalue weighted by atomic mass is 16.6. The smallest absolute Gasteiger partial charge is 0.408 e. The second-order valence-corrected chi connectivity index (χ2v) is 9.79. The monoisotopic (exact) mass is 417 g/mol. The van der Waals surface area contributed by atoms with Gasteiger partial charge in [0.1, 0.15) is 17.2 Å². The largest absolute Gasteiger partial charge is 0.444 e. The maximum absolute atomic E-state index is 11.4. The molecule has 0 bridgehead atoms. The van der Waals surface area contributed by atoms with E-state index in [1.54, 1.807) is 0 Å². The van der Waals surface area contributed by atoms with Crippen LogP contribution in [0.1, 0.15) is 87.5 Å². The molecule has 0 radical (unpaired) electrons. The summed E-state index contributed by atoms with van der Waals surface area (Å²) in [5.41, 5.74) is 8.96. The highest BCUT2D eigenvalue weighted by Crippen LogP contribution is 2.18. The van der Waals surface area contributed by atoms with E-state index >= 15 is 0 Å². The van der Waals surface area contributed by atoms with E-state index in [-0.39, 0.29) is 37.7 Å². The maximum Gasteiger partial charge on any atom is 0.408 e. The number of carbonyl (C=O) groups excluding carboxylic acids is 2. The summed E-state index contributed by atoms with van der Waals surface area (Å²) >= 11 is 0. The number of ether oxygens (including phenoxy) is 2. The first-order valence-electron chi connectivity index (χ1n) is 10.3. The van der Waals surface area contributed by atoms with Gasteiger partial charge in [0.05, 0.1) is 6.04 Å². The molecule has 0 saturated heterocycles. The van der Waals surface area contributed by atoms with Crippen molar-refractivity contribution in [2.45, 2.75) is 123 Å². The van der Waals surface area contributed by atoms with E-state index < -0.39 is 11.2 Å². The minimum atomic E-state index is -0.438. The van der Waals surface area contributed by atoms with Gasteiger partial charge in [0.2, 0.25) is 0 Å². The Balaban J connectivity index is 0.000000523. The fraction of sp³-hybridized carbons (Fsp3) is 0.905. The van der Waals surface area contributed by atoms with E-state index in [2.05, 4.69) is 16.4 Å². The molecule has 2 aliphatic carbocycles. The average Bonchev–Trinajstić information content (AvgIpc) is 3.05. The molecule has 0 spiro atoms. The van der Waals surface area contributed by atoms with E-state index in [0.29, 0.717) is 6.04 Å². The summed E-state index contributed by atoms with van der Waals surface area (Å²) in [6.07, 6.45) is 5.61. The normalized spacial score (nSPS) is 26.5. The van der Waals surface area contributed by atoms with E-state index in [0.717, 1.165) is 38.5 Å². The number of amides is 2. The number of nitrogens with two attached hydrogens (primary N) is 1. The van der Waals surface area contributed by atoms with Crippen molar-refractivity contribution in [1.82, 2.24) is 10.6 Å². The van der Waals surface area contributed by atoms with Crippen molar-refractivity contribution >= 4 is 12.2 Å². The van der Waals surface area contributed by atoms with Gasteiger partial charge in [0, 0.05) is 18.5 Å². The summed E-state index contributed by atoms with van der Waals surface area (Å²) in [5.74, 6) is 0. The Morgan fingerprint density at radius 1 is 0.828 bits per heavy atom. The van der Waals surface area contributed by atoms with Crippen LogP contribution >= 0.6 is 0 Å². The second kappa shape index (κ2) is 11.6. The summed E-state index contributed by atoms with van der Waals surface area (Å²) in [6.45, 7) is 11.1. The van der Waals surface area contributed by atoms with E-state index in [9.17, 15) is 9.59 Å². The third kappa shape index (κ3) is 11.9. The van der Waals surface area contributed by atoms with Gasteiger partial charge in [-0.05, 0) is 73.6 Å². The van der Waals surface area contributed by atoms with Crippen LogP contribution in [0.3, 0.4) is 0 Å². The minimum Gasteiger partial charge on any atom is -0.444 e. The Morgan fingerprint density at radius 3 is 1.59 bits per heavy atom. The fourth-order valence-electron chi connectivity index (χ4n) is 3.31. The Kier molecular flexibility index (Phi) is 11.0. The van der Waals surface area contributed by atoms with E-state index in [1.807, 2.05) is 41.5 Å². The summed E-state index contributed by atoms with van der Waals surface area (Å²) in [4.78, 5) is 22.8. The zero-order chi connectivity index (χ0) is 21.5. The first-order chi connectivity index (χ1) is 12.8. The van der Waals surface area contributed by atoms with Crippen LogP contribution in [0.4, 0.5) is 9.59 Å². The van der Waals surface area contributed by atoms with Gasteiger partial charge in [-0.2, -0.15) is 0 Å². The zero-order valence-electron chi connectivity index (χ0n) is 18.5. The number of quaternary nitrogens is 1. The first kappa shape index (κ1) is 27.5. The predicted octanol–water partition coefficient (Wildman–Crippen LogP) is 2.70. The average molecular weight is 418 g/mol. The van der Waals surface area contributed by atoms with Crippen molar-refractivity contribution in [3.8, 4) is 0 Å². The highest BCUT2D eigenvalue weighted by molar-refractivity contribution is 5.68. The highest BCUT2D eigenvalue weighted by Gasteiger charge is 2.30. The predicted molar refractivity (Wildman–Crippen MR) is 115 cm³/mol. The number of carbonyl (C=O) groups is 2. The quantitative estimate of drug-likeness (QED) is 0.549. The molecule has 172 valence electrons. The van der Waals surface area contributed by atoms with Gasteiger partial charge in [-0.3, -0.25) is 0 Å². The summed E-state index contributed by atoms with van der Waals surface area (Å²) in [5, 5.41) is 5.66. The second-order valence-electron chi connectivity index (χ2n) is 9.79. The molecule has 0 aromatic carbocycles. The van der Waals surface area contributed by atoms with Gasteiger partial charge >= 0.3 is 12.2 Å². The minimum absolute atomic E-state index is 0. The van der Waals surface area contributed by atoms with Crippen LogP contribution in [0, 0.1) is 0 Å². The Labute approximate surface area is 176 Å². The van der Waals surface area contributed by atoms with Gasteiger partial charge in [-0.1, -0.05) is 7.43 Å². The molecule has 8 nitrogen and oxygen atoms in total. The third-order valence-electron chi connectivity index (χ3n) is 4.63. The first-order valence-corrected chi connectivity index (χ1v) is 10.3. The molecule has 0 aromatic rings. The van der Waals surface area contributed by atoms with Crippen molar-refractivity contribution < 1.29 is 24.8 Å². The van der Waals surface area contributed by atoms with E-state index in [4.69, 9.17) is 15.2 Å². The SMILES string of the molecule is C.CC(C)(C)OC(=O)N[C@@H]1CCC[C@H]1N.CC(C)(C)OC(=O)N[C@@H]1CCC[C@H]1[NH3+]. The van der Waals surface area contributed by atoms with Crippen molar-refractivity contribution in [2.75, 3.05) is 0 Å². The number of alkyl carbamates (subject to hydrolysis) is 2. The Bertz CT molecular complexity index is 468. The van der Waals surface area contributed by atoms with Crippen molar-refractivity contribution in [2.24, 2.45) is 5.73 Å². The van der Waals surface area contributed by atoms with Gasteiger partial charge < -0.3 is 31.6 Å². The number of nitrogens with one attached hydrogen (secondary N) is 2. The van der Waals surface area contributed by atoms with Gasteiger partial charge in [-0.15, -0.1) is 0 Å². The van der Waals surface area contributed by atoms with Crippen LogP contribution < -0.4 is 22.1 Å². The molecule has 2 aliphatic rings. The molecular formula is C21H45N4O4+. The van der Waals surface area contributed by atoms with Crippen LogP contribution in [-0.2, 0) is 9.47 Å². The van der Waals surface area contributed by atoms with Gasteiger partial charge in [0.25, 0.3) is 0 Å². The fourth-order valence-corrected chi connectivity index (χ4v) is 3.31. The summed E-state index contributed by atoms with van der Waals surface area (Å²) in [6, 6.07) is 0.708. The Morgan fingerprint density at radius 2 is 1.24 bits per heavy atom. The zero-order valence-corrected chi connectivity index (χ0v) is 18.5. The molecule has 2 saturated carbocycles. The van der Waals surface area contributed by atoms with Crippen LogP contribution in [-0.4, -0.2) is 47.6 Å². The maximum atomic E-state index is 11.4. The standard InChI is InChI=1S/2C10H20N2O2.CH4/c2*1-10(2,3)14-9(13)12-8-6-4-5-7(8)11;/h2*7-8H,4-6,11H2,1-3H3,(H,12,13);1H4/p+1/t2*7-,8-;/m11./s1. The van der Waals surface area contributed by atoms with Crippen LogP contribution in [0.2, 0.25) is 0 Å². The van der Waals surface area contributed by atoms with Crippen LogP contribution in [0.5, 0.6) is 0 Å². The molecule has 8 heteroatoms. The molecular weight excluding hydrogens is 372 g/mol. The van der Waals surface area contributed by atoms with Crippen molar-refractivity contribution in [3.05, 3.63) is 0 Å². The molecule has 0 unspecified atom stereocenters. The molecule has 0 heterocycles. The van der Waals surface area contributed by atoms with Gasteiger partial charge in [0.15, 0.2) is 0 Å². The number of hydrogen-bond donors (Lipinski definition) is 4. The van der Waals surface area contributed by atoms with Crippen LogP contribution in [0.25, 0.3) is 0 Å². The molecule has 29 heavy (non-hydrogen) atoms.